The van der Waals surface area contributed by atoms with Crippen LogP contribution in [0.3, 0.4) is 0 Å². The fraction of sp³-hybridized carbons (Fsp3) is 0.0769. The largest absolute Gasteiger partial charge is 0.455 e. The predicted octanol–water partition coefficient (Wildman–Crippen LogP) is 32.2. The minimum absolute atomic E-state index is 0.113. The van der Waals surface area contributed by atoms with E-state index in [-0.39, 0.29) is 16.2 Å². The molecule has 3 aliphatic rings. The summed E-state index contributed by atoms with van der Waals surface area (Å²) in [4.78, 5) is 4.84. The first kappa shape index (κ1) is 71.8. The Hall–Kier alpha value is -15.2. The van der Waals surface area contributed by atoms with Gasteiger partial charge in [-0.1, -0.05) is 308 Å². The maximum Gasteiger partial charge on any atom is 0.143 e. The summed E-state index contributed by atoms with van der Waals surface area (Å²) in [6.45, 7) is 14.2. The molecule has 123 heavy (non-hydrogen) atoms. The lowest BCUT2D eigenvalue weighted by Gasteiger charge is -2.30. The summed E-state index contributed by atoms with van der Waals surface area (Å²) in [5, 5.41) is 9.65. The highest BCUT2D eigenvalue weighted by atomic mass is 16.3. The van der Waals surface area contributed by atoms with E-state index in [1.54, 1.807) is 0 Å². The van der Waals surface area contributed by atoms with E-state index >= 15 is 0 Å². The Balaban J connectivity index is 0.000000139. The molecule has 0 bridgehead atoms. The lowest BCUT2D eigenvalue weighted by Crippen LogP contribution is -2.18. The summed E-state index contributed by atoms with van der Waals surface area (Å²) in [5.41, 5.74) is 39.9. The Kier molecular flexibility index (Phi) is 16.0. The Morgan fingerprint density at radius 1 is 0.195 bits per heavy atom. The van der Waals surface area contributed by atoms with Crippen LogP contribution in [0.1, 0.15) is 74.9 Å². The third-order valence-electron chi connectivity index (χ3n) is 27.2. The number of nitrogens with zero attached hydrogens (tertiary/aromatic N) is 4. The van der Waals surface area contributed by atoms with Gasteiger partial charge in [-0.3, -0.25) is 0 Å². The van der Waals surface area contributed by atoms with Crippen molar-refractivity contribution in [3.8, 4) is 78.1 Å². The van der Waals surface area contributed by atoms with Gasteiger partial charge in [-0.25, -0.2) is 0 Å². The van der Waals surface area contributed by atoms with Crippen LogP contribution >= 0.6 is 0 Å². The number of aromatic nitrogens is 2. The average molecular weight is 1580 g/mol. The third-order valence-corrected chi connectivity index (χ3v) is 27.2. The Morgan fingerprint density at radius 2 is 0.463 bits per heavy atom. The number of para-hydroxylation sites is 8. The summed E-state index contributed by atoms with van der Waals surface area (Å²) in [5.74, 6) is 0. The Bertz CT molecular complexity index is 7980. The molecule has 4 heterocycles. The van der Waals surface area contributed by atoms with E-state index in [2.05, 4.69) is 443 Å². The highest BCUT2D eigenvalue weighted by molar-refractivity contribution is 6.13. The number of benzene rings is 18. The molecule has 22 aromatic rings. The zero-order chi connectivity index (χ0) is 82.1. The summed E-state index contributed by atoms with van der Waals surface area (Å²) in [7, 11) is 0. The highest BCUT2D eigenvalue weighted by Gasteiger charge is 2.40. The standard InChI is InChI=1S/C60H44N2O.C57H40N2O/c1-59(2)51-20-9-5-14-43(51)44-31-28-39(34-52(44)59)61(38-26-24-37(25-27-38)42-18-13-19-50-49-17-8-12-23-57(49)63-58(42)50)40-29-32-45-46-33-30-41(36-54(46)60(3,4)53(45)35-40)62-55-21-10-6-15-47(55)48-16-7-11-22-56(48)62;1-57(2)51-18-7-3-12-45(51)46-35-34-43(36-52(46)57)58(41-32-26-39(27-33-41)44-16-11-17-50-49-15-6-10-21-55(49)60-56(44)50)40-28-22-37(23-29-40)38-24-30-42(31-25-38)59-53-19-8-4-13-47(53)48-14-5-9-20-54(48)59/h5-36H,1-4H3;3-36H,1-2H3. The first-order chi connectivity index (χ1) is 60.3. The van der Waals surface area contributed by atoms with E-state index < -0.39 is 0 Å². The van der Waals surface area contributed by atoms with Gasteiger partial charge in [0.15, 0.2) is 0 Å². The first-order valence-electron chi connectivity index (χ1n) is 42.8. The van der Waals surface area contributed by atoms with Gasteiger partial charge in [0.25, 0.3) is 0 Å². The van der Waals surface area contributed by atoms with Crippen LogP contribution in [0.5, 0.6) is 0 Å². The molecule has 18 aromatic carbocycles. The molecular weight excluding hydrogens is 1490 g/mol. The number of anilines is 6. The van der Waals surface area contributed by atoms with Crippen LogP contribution in [0.2, 0.25) is 0 Å². The van der Waals surface area contributed by atoms with Crippen molar-refractivity contribution in [3.05, 3.63) is 434 Å². The lowest BCUT2D eigenvalue weighted by atomic mass is 9.82. The second-order valence-electron chi connectivity index (χ2n) is 35.0. The van der Waals surface area contributed by atoms with Crippen molar-refractivity contribution in [1.29, 1.82) is 0 Å². The van der Waals surface area contributed by atoms with E-state index in [1.165, 1.54) is 127 Å². The van der Waals surface area contributed by atoms with Crippen molar-refractivity contribution in [1.82, 2.24) is 9.13 Å². The molecule has 0 atom stereocenters. The number of fused-ring (bicyclic) bond motifs is 21. The second kappa shape index (κ2) is 27.4. The molecule has 584 valence electrons. The fourth-order valence-corrected chi connectivity index (χ4v) is 21.1. The van der Waals surface area contributed by atoms with Crippen molar-refractivity contribution in [2.24, 2.45) is 0 Å². The molecule has 0 N–H and O–H groups in total. The summed E-state index contributed by atoms with van der Waals surface area (Å²) < 4.78 is 17.7. The molecule has 0 saturated carbocycles. The van der Waals surface area contributed by atoms with Gasteiger partial charge in [0.05, 0.1) is 22.1 Å². The second-order valence-corrected chi connectivity index (χ2v) is 35.0. The summed E-state index contributed by atoms with van der Waals surface area (Å²) in [6, 6.07) is 146. The van der Waals surface area contributed by atoms with Crippen LogP contribution in [0, 0.1) is 0 Å². The molecule has 6 heteroatoms. The normalized spacial score (nSPS) is 13.6. The average Bonchev–Trinajstić information content (AvgIpc) is 1.56. The minimum Gasteiger partial charge on any atom is -0.455 e. The number of hydrogen-bond acceptors (Lipinski definition) is 4. The number of hydrogen-bond donors (Lipinski definition) is 0. The van der Waals surface area contributed by atoms with E-state index in [0.717, 1.165) is 106 Å². The maximum atomic E-state index is 6.49. The van der Waals surface area contributed by atoms with Gasteiger partial charge in [0.1, 0.15) is 22.3 Å². The molecule has 0 saturated heterocycles. The molecule has 25 rings (SSSR count). The molecule has 0 spiro atoms. The zero-order valence-corrected chi connectivity index (χ0v) is 69.2. The number of rotatable bonds is 11. The summed E-state index contributed by atoms with van der Waals surface area (Å²) in [6.07, 6.45) is 0. The van der Waals surface area contributed by atoms with Crippen molar-refractivity contribution in [2.45, 2.75) is 57.8 Å². The highest BCUT2D eigenvalue weighted by Crippen LogP contribution is 2.56. The quantitative estimate of drug-likeness (QED) is 0.129. The van der Waals surface area contributed by atoms with Crippen LogP contribution in [0.25, 0.3) is 166 Å². The van der Waals surface area contributed by atoms with Gasteiger partial charge in [-0.15, -0.1) is 0 Å². The Labute approximate surface area is 714 Å². The van der Waals surface area contributed by atoms with Crippen molar-refractivity contribution in [2.75, 3.05) is 9.80 Å². The van der Waals surface area contributed by atoms with Gasteiger partial charge in [-0.05, 0) is 222 Å². The number of furan rings is 2. The Morgan fingerprint density at radius 3 is 0.870 bits per heavy atom. The SMILES string of the molecule is CC1(C)c2ccccc2-c2ccc(N(c3ccc(-c4ccc(-n5c6ccccc6c6ccccc65)cc4)cc3)c3ccc(-c4cccc5c4oc4ccccc45)cc3)cc21.CC1(C)c2ccccc2-c2ccc(N(c3ccc(-c4cccc5c4oc4ccccc45)cc3)c3ccc4c(c3)C(C)(C)c3cc(-n5c6ccccc6c6ccccc65)ccc3-4)cc21. The van der Waals surface area contributed by atoms with E-state index in [9.17, 15) is 0 Å². The summed E-state index contributed by atoms with van der Waals surface area (Å²) >= 11 is 0. The van der Waals surface area contributed by atoms with Crippen LogP contribution < -0.4 is 9.80 Å². The van der Waals surface area contributed by atoms with Crippen molar-refractivity contribution < 1.29 is 8.83 Å². The topological polar surface area (TPSA) is 42.6 Å². The first-order valence-corrected chi connectivity index (χ1v) is 42.8. The maximum absolute atomic E-state index is 6.49. The molecule has 0 unspecified atom stereocenters. The van der Waals surface area contributed by atoms with E-state index in [4.69, 9.17) is 8.83 Å². The van der Waals surface area contributed by atoms with Gasteiger partial charge in [0, 0.05) is 116 Å². The van der Waals surface area contributed by atoms with Crippen molar-refractivity contribution >= 4 is 122 Å². The lowest BCUT2D eigenvalue weighted by molar-refractivity contribution is 0.659. The van der Waals surface area contributed by atoms with Crippen LogP contribution in [0.4, 0.5) is 34.1 Å². The van der Waals surface area contributed by atoms with E-state index in [1.807, 2.05) is 18.2 Å². The third kappa shape index (κ3) is 11.1. The molecule has 0 amide bonds. The van der Waals surface area contributed by atoms with Gasteiger partial charge in [-0.2, -0.15) is 0 Å². The van der Waals surface area contributed by atoms with Gasteiger partial charge in [0.2, 0.25) is 0 Å². The minimum atomic E-state index is -0.238. The molecule has 0 radical (unpaired) electrons. The van der Waals surface area contributed by atoms with Crippen LogP contribution in [-0.4, -0.2) is 9.13 Å². The molecule has 4 aromatic heterocycles. The molecule has 0 fully saturated rings. The van der Waals surface area contributed by atoms with Gasteiger partial charge >= 0.3 is 0 Å². The van der Waals surface area contributed by atoms with E-state index in [0.29, 0.717) is 0 Å². The predicted molar refractivity (Wildman–Crippen MR) is 514 cm³/mol. The zero-order valence-electron chi connectivity index (χ0n) is 69.2. The van der Waals surface area contributed by atoms with Crippen LogP contribution in [-0.2, 0) is 16.2 Å². The fourth-order valence-electron chi connectivity index (χ4n) is 21.1. The van der Waals surface area contributed by atoms with Gasteiger partial charge < -0.3 is 27.8 Å². The molecule has 3 aliphatic carbocycles. The van der Waals surface area contributed by atoms with Crippen molar-refractivity contribution in [3.63, 3.8) is 0 Å². The van der Waals surface area contributed by atoms with Crippen LogP contribution in [0.15, 0.2) is 409 Å². The molecular formula is C117H84N4O2. The smallest absolute Gasteiger partial charge is 0.143 e. The monoisotopic (exact) mass is 1580 g/mol. The molecule has 0 aliphatic heterocycles. The molecule has 6 nitrogen and oxygen atoms in total.